The Hall–Kier alpha value is -3.62. The molecule has 0 bridgehead atoms. The van der Waals surface area contributed by atoms with Gasteiger partial charge in [-0.2, -0.15) is 0 Å². The minimum absolute atomic E-state index is 0.00662. The molecule has 8 heteroatoms. The Balaban J connectivity index is 0.000000718. The second-order valence-corrected chi connectivity index (χ2v) is 8.38. The number of aromatic hydroxyl groups is 2. The summed E-state index contributed by atoms with van der Waals surface area (Å²) in [6.45, 7) is 1.11. The molecule has 34 heavy (non-hydrogen) atoms. The van der Waals surface area contributed by atoms with Crippen molar-refractivity contribution in [3.63, 3.8) is 0 Å². The molecule has 0 amide bonds. The van der Waals surface area contributed by atoms with Crippen molar-refractivity contribution in [1.82, 2.24) is 0 Å². The van der Waals surface area contributed by atoms with Crippen LogP contribution in [-0.4, -0.2) is 79.9 Å². The number of hydrogen-bond acceptors (Lipinski definition) is 7. The number of benzene rings is 2. The third-order valence-corrected chi connectivity index (χ3v) is 4.45. The second-order valence-electron chi connectivity index (χ2n) is 8.38. The number of phenolic OH excluding ortho intramolecular Hbond substituents is 2. The van der Waals surface area contributed by atoms with Gasteiger partial charge in [-0.05, 0) is 47.5 Å². The predicted octanol–water partition coefficient (Wildman–Crippen LogP) is 3.05. The highest BCUT2D eigenvalue weighted by Crippen LogP contribution is 2.27. The molecule has 8 nitrogen and oxygen atoms in total. The van der Waals surface area contributed by atoms with Gasteiger partial charge in [0, 0.05) is 0 Å². The van der Waals surface area contributed by atoms with Crippen LogP contribution in [0.1, 0.15) is 17.5 Å². The molecule has 0 spiro atoms. The van der Waals surface area contributed by atoms with E-state index in [-0.39, 0.29) is 36.1 Å². The molecule has 2 rings (SSSR count). The fourth-order valence-electron chi connectivity index (χ4n) is 2.56. The van der Waals surface area contributed by atoms with E-state index in [1.54, 1.807) is 36.4 Å². The molecule has 0 aliphatic carbocycles. The number of ketones is 2. The van der Waals surface area contributed by atoms with E-state index in [1.165, 1.54) is 38.5 Å². The number of carbonyl (C=O) groups is 2. The van der Waals surface area contributed by atoms with Crippen LogP contribution in [0.25, 0.3) is 12.2 Å². The van der Waals surface area contributed by atoms with Crippen molar-refractivity contribution in [2.24, 2.45) is 0 Å². The van der Waals surface area contributed by atoms with Gasteiger partial charge in [0.2, 0.25) is 0 Å². The van der Waals surface area contributed by atoms with Crippen LogP contribution >= 0.6 is 0 Å². The number of aliphatic hydroxyl groups excluding tert-OH is 1. The van der Waals surface area contributed by atoms with E-state index in [0.717, 1.165) is 11.0 Å². The first kappa shape index (κ1) is 28.4. The van der Waals surface area contributed by atoms with Crippen LogP contribution in [0.2, 0.25) is 0 Å². The lowest BCUT2D eigenvalue weighted by Gasteiger charge is -2.21. The van der Waals surface area contributed by atoms with E-state index < -0.39 is 0 Å². The summed E-state index contributed by atoms with van der Waals surface area (Å²) >= 11 is 0. The molecule has 0 saturated heterocycles. The molecule has 0 saturated carbocycles. The van der Waals surface area contributed by atoms with E-state index >= 15 is 0 Å². The quantitative estimate of drug-likeness (QED) is 0.277. The third kappa shape index (κ3) is 10.8. The number of methoxy groups -OCH3 is 2. The molecule has 2 aromatic rings. The number of nitrogens with zero attached hydrogens (tertiary/aromatic N) is 1. The van der Waals surface area contributed by atoms with Crippen LogP contribution in [0.3, 0.4) is 0 Å². The standard InChI is InChI=1S/C21H20O6.C5H14NO/c1-26-20-11-14(5-9-18(20)24)3-7-16(22)13-17(23)8-4-15-6-10-19(25)21(12-15)27-2;1-6(2,3)4-5-7/h3-12,24-25H,13H2,1-2H3;7H,4-5H2,1-3H3/q;+1/b7-3+,8-4+;. The fraction of sp³-hybridized carbons (Fsp3) is 0.308. The number of allylic oxidation sites excluding steroid dienone is 2. The Kier molecular flexibility index (Phi) is 11.5. The normalized spacial score (nSPS) is 11.2. The monoisotopic (exact) mass is 472 g/mol. The van der Waals surface area contributed by atoms with Gasteiger partial charge in [-0.15, -0.1) is 0 Å². The van der Waals surface area contributed by atoms with Gasteiger partial charge < -0.3 is 29.3 Å². The van der Waals surface area contributed by atoms with Gasteiger partial charge in [-0.1, -0.05) is 24.3 Å². The van der Waals surface area contributed by atoms with E-state index in [1.807, 2.05) is 0 Å². The van der Waals surface area contributed by atoms with E-state index in [2.05, 4.69) is 21.1 Å². The van der Waals surface area contributed by atoms with Gasteiger partial charge in [-0.3, -0.25) is 9.59 Å². The van der Waals surface area contributed by atoms with Gasteiger partial charge in [0.15, 0.2) is 34.6 Å². The zero-order chi connectivity index (χ0) is 25.7. The van der Waals surface area contributed by atoms with Crippen LogP contribution in [0.4, 0.5) is 0 Å². The lowest BCUT2D eigenvalue weighted by Crippen LogP contribution is -2.36. The van der Waals surface area contributed by atoms with Crippen molar-refractivity contribution in [1.29, 1.82) is 0 Å². The maximum Gasteiger partial charge on any atom is 0.163 e. The first-order valence-electron chi connectivity index (χ1n) is 10.6. The average Bonchev–Trinajstić information content (AvgIpc) is 2.77. The topological polar surface area (TPSA) is 113 Å². The summed E-state index contributed by atoms with van der Waals surface area (Å²) in [5.74, 6) is -0.0832. The maximum absolute atomic E-state index is 11.9. The van der Waals surface area contributed by atoms with Crippen molar-refractivity contribution < 1.29 is 38.9 Å². The highest BCUT2D eigenvalue weighted by molar-refractivity contribution is 6.10. The summed E-state index contributed by atoms with van der Waals surface area (Å²) in [5, 5.41) is 27.5. The average molecular weight is 473 g/mol. The number of rotatable bonds is 10. The van der Waals surface area contributed by atoms with Gasteiger partial charge in [-0.25, -0.2) is 0 Å². The molecule has 0 heterocycles. The zero-order valence-corrected chi connectivity index (χ0v) is 20.3. The van der Waals surface area contributed by atoms with Crippen LogP contribution in [-0.2, 0) is 9.59 Å². The highest BCUT2D eigenvalue weighted by atomic mass is 16.5. The number of carbonyl (C=O) groups excluding carboxylic acids is 2. The molecule has 184 valence electrons. The Labute approximate surface area is 200 Å². The van der Waals surface area contributed by atoms with Crippen LogP contribution in [0.5, 0.6) is 23.0 Å². The van der Waals surface area contributed by atoms with Gasteiger partial charge in [0.25, 0.3) is 0 Å². The Morgan fingerprint density at radius 1 is 0.824 bits per heavy atom. The smallest absolute Gasteiger partial charge is 0.163 e. The molecular weight excluding hydrogens is 438 g/mol. The SMILES string of the molecule is COc1cc(/C=C/C(=O)CC(=O)/C=C/c2ccc(O)c(OC)c2)ccc1O.C[N+](C)(C)CCO. The summed E-state index contributed by atoms with van der Waals surface area (Å²) < 4.78 is 10.8. The largest absolute Gasteiger partial charge is 0.504 e. The number of likely N-dealkylation sites (N-methyl/N-ethyl adjacent to an activating group) is 1. The van der Waals surface area contributed by atoms with Crippen LogP contribution in [0.15, 0.2) is 48.6 Å². The molecule has 3 N–H and O–H groups in total. The highest BCUT2D eigenvalue weighted by Gasteiger charge is 2.06. The van der Waals surface area contributed by atoms with Crippen molar-refractivity contribution in [2.45, 2.75) is 6.42 Å². The van der Waals surface area contributed by atoms with Crippen molar-refractivity contribution in [3.05, 3.63) is 59.7 Å². The van der Waals surface area contributed by atoms with Crippen molar-refractivity contribution in [2.75, 3.05) is 48.5 Å². The summed E-state index contributed by atoms with van der Waals surface area (Å²) in [7, 11) is 9.02. The zero-order valence-electron chi connectivity index (χ0n) is 20.3. The summed E-state index contributed by atoms with van der Waals surface area (Å²) in [6, 6.07) is 9.34. The minimum Gasteiger partial charge on any atom is -0.504 e. The maximum atomic E-state index is 11.9. The van der Waals surface area contributed by atoms with Crippen LogP contribution in [0, 0.1) is 0 Å². The molecule has 0 aliphatic rings. The first-order chi connectivity index (χ1) is 16.0. The third-order valence-electron chi connectivity index (χ3n) is 4.45. The van der Waals surface area contributed by atoms with E-state index in [0.29, 0.717) is 22.6 Å². The lowest BCUT2D eigenvalue weighted by molar-refractivity contribution is -0.870. The number of aliphatic hydroxyl groups is 1. The van der Waals surface area contributed by atoms with E-state index in [9.17, 15) is 19.8 Å². The Bertz CT molecular complexity index is 947. The summed E-state index contributed by atoms with van der Waals surface area (Å²) in [6.07, 6.45) is 5.44. The Morgan fingerprint density at radius 2 is 1.24 bits per heavy atom. The Morgan fingerprint density at radius 3 is 1.53 bits per heavy atom. The molecule has 0 fully saturated rings. The minimum atomic E-state index is -0.347. The molecule has 0 aliphatic heterocycles. The molecule has 0 atom stereocenters. The van der Waals surface area contributed by atoms with Crippen LogP contribution < -0.4 is 9.47 Å². The molecule has 0 radical (unpaired) electrons. The summed E-state index contributed by atoms with van der Waals surface area (Å²) in [5.41, 5.74) is 1.33. The lowest BCUT2D eigenvalue weighted by atomic mass is 10.1. The first-order valence-corrected chi connectivity index (χ1v) is 10.6. The number of quaternary nitrogens is 1. The molecule has 2 aromatic carbocycles. The number of phenols is 2. The molecule has 0 aromatic heterocycles. The number of ether oxygens (including phenoxy) is 2. The molecule has 0 unspecified atom stereocenters. The number of hydrogen-bond donors (Lipinski definition) is 3. The second kappa shape index (κ2) is 13.8. The van der Waals surface area contributed by atoms with Gasteiger partial charge >= 0.3 is 0 Å². The fourth-order valence-corrected chi connectivity index (χ4v) is 2.56. The van der Waals surface area contributed by atoms with Gasteiger partial charge in [0.1, 0.15) is 6.54 Å². The van der Waals surface area contributed by atoms with Gasteiger partial charge in [0.05, 0.1) is 48.4 Å². The predicted molar refractivity (Wildman–Crippen MR) is 132 cm³/mol. The van der Waals surface area contributed by atoms with Crippen molar-refractivity contribution in [3.8, 4) is 23.0 Å². The molecular formula is C26H34NO7+. The van der Waals surface area contributed by atoms with Crippen molar-refractivity contribution >= 4 is 23.7 Å². The summed E-state index contributed by atoms with van der Waals surface area (Å²) in [4.78, 5) is 23.9. The van der Waals surface area contributed by atoms with E-state index in [4.69, 9.17) is 14.6 Å².